The zero-order valence-corrected chi connectivity index (χ0v) is 18.3. The van der Waals surface area contributed by atoms with Crippen LogP contribution in [-0.2, 0) is 16.0 Å². The van der Waals surface area contributed by atoms with Crippen LogP contribution in [0.3, 0.4) is 0 Å². The third kappa shape index (κ3) is 5.66. The molecule has 1 aliphatic heterocycles. The Morgan fingerprint density at radius 3 is 2.30 bits per heavy atom. The number of hydrogen-bond acceptors (Lipinski definition) is 4. The summed E-state index contributed by atoms with van der Waals surface area (Å²) >= 11 is 0. The number of anilines is 1. The van der Waals surface area contributed by atoms with Crippen molar-refractivity contribution < 1.29 is 19.1 Å². The van der Waals surface area contributed by atoms with Gasteiger partial charge in [-0.2, -0.15) is 0 Å². The second-order valence-electron chi connectivity index (χ2n) is 7.98. The number of nitrogens with one attached hydrogen (secondary N) is 1. The van der Waals surface area contributed by atoms with Crippen molar-refractivity contribution in [3.8, 4) is 5.75 Å². The lowest BCUT2D eigenvalue weighted by Crippen LogP contribution is -2.42. The lowest BCUT2D eigenvalue weighted by molar-refractivity contribution is -0.124. The average Bonchev–Trinajstić information content (AvgIpc) is 3.34. The highest BCUT2D eigenvalue weighted by Crippen LogP contribution is 2.25. The summed E-state index contributed by atoms with van der Waals surface area (Å²) in [6.07, 6.45) is 1.56. The van der Waals surface area contributed by atoms with Crippen LogP contribution < -0.4 is 10.1 Å². The van der Waals surface area contributed by atoms with Crippen molar-refractivity contribution in [3.63, 3.8) is 0 Å². The maximum atomic E-state index is 13.4. The Hall–Kier alpha value is -3.93. The van der Waals surface area contributed by atoms with Gasteiger partial charge in [-0.1, -0.05) is 60.7 Å². The third-order valence-corrected chi connectivity index (χ3v) is 5.65. The van der Waals surface area contributed by atoms with E-state index in [1.807, 2.05) is 48.5 Å². The molecule has 168 valence electrons. The van der Waals surface area contributed by atoms with Gasteiger partial charge in [-0.3, -0.25) is 14.4 Å². The van der Waals surface area contributed by atoms with E-state index in [9.17, 15) is 14.4 Å². The first-order valence-electron chi connectivity index (χ1n) is 11.1. The smallest absolute Gasteiger partial charge is 0.256 e. The van der Waals surface area contributed by atoms with Gasteiger partial charge in [0.15, 0.2) is 5.78 Å². The van der Waals surface area contributed by atoms with E-state index in [1.54, 1.807) is 41.3 Å². The summed E-state index contributed by atoms with van der Waals surface area (Å²) < 4.78 is 5.60. The van der Waals surface area contributed by atoms with Crippen molar-refractivity contribution >= 4 is 23.3 Å². The van der Waals surface area contributed by atoms with E-state index in [1.165, 1.54) is 0 Å². The molecule has 4 rings (SSSR count). The Morgan fingerprint density at radius 1 is 0.879 bits per heavy atom. The standard InChI is InChI=1S/C27H26N2O4/c30-25(19-33-21-12-5-2-6-13-21)24-16-9-17-29(24)27(32)22-14-7-8-15-23(22)28-26(31)18-20-10-3-1-4-11-20/h1-8,10-15,24H,9,16-19H2,(H,28,31)/t24-/m0/s1. The number of para-hydroxylation sites is 2. The van der Waals surface area contributed by atoms with Crippen LogP contribution in [0, 0.1) is 0 Å². The first kappa shape index (κ1) is 22.3. The van der Waals surface area contributed by atoms with Gasteiger partial charge in [0.05, 0.1) is 23.7 Å². The van der Waals surface area contributed by atoms with Crippen molar-refractivity contribution in [2.45, 2.75) is 25.3 Å². The van der Waals surface area contributed by atoms with Crippen molar-refractivity contribution in [1.82, 2.24) is 4.90 Å². The van der Waals surface area contributed by atoms with Gasteiger partial charge < -0.3 is 15.0 Å². The Labute approximate surface area is 193 Å². The van der Waals surface area contributed by atoms with Crippen LogP contribution >= 0.6 is 0 Å². The van der Waals surface area contributed by atoms with E-state index in [0.717, 1.165) is 12.0 Å². The molecule has 2 amide bonds. The van der Waals surface area contributed by atoms with Crippen molar-refractivity contribution in [2.75, 3.05) is 18.5 Å². The molecule has 0 bridgehead atoms. The van der Waals surface area contributed by atoms with E-state index < -0.39 is 6.04 Å². The lowest BCUT2D eigenvalue weighted by Gasteiger charge is -2.25. The summed E-state index contributed by atoms with van der Waals surface area (Å²) in [5, 5.41) is 2.86. The summed E-state index contributed by atoms with van der Waals surface area (Å²) in [6.45, 7) is 0.404. The quantitative estimate of drug-likeness (QED) is 0.569. The van der Waals surface area contributed by atoms with Gasteiger partial charge in [0.25, 0.3) is 5.91 Å². The average molecular weight is 443 g/mol. The van der Waals surface area contributed by atoms with Gasteiger partial charge in [0, 0.05) is 6.54 Å². The van der Waals surface area contributed by atoms with Crippen LogP contribution in [0.4, 0.5) is 5.69 Å². The number of ketones is 1. The Balaban J connectivity index is 1.43. The van der Waals surface area contributed by atoms with Crippen LogP contribution in [0.1, 0.15) is 28.8 Å². The molecule has 33 heavy (non-hydrogen) atoms. The number of ether oxygens (including phenoxy) is 1. The lowest BCUT2D eigenvalue weighted by atomic mass is 10.1. The molecular weight excluding hydrogens is 416 g/mol. The second kappa shape index (κ2) is 10.6. The molecule has 1 aliphatic rings. The molecule has 3 aromatic rings. The Kier molecular flexibility index (Phi) is 7.15. The first-order valence-corrected chi connectivity index (χ1v) is 11.1. The highest BCUT2D eigenvalue weighted by molar-refractivity contribution is 6.05. The summed E-state index contributed by atoms with van der Waals surface area (Å²) in [5.74, 6) is 0.0245. The van der Waals surface area contributed by atoms with Crippen LogP contribution in [0.5, 0.6) is 5.75 Å². The highest BCUT2D eigenvalue weighted by Gasteiger charge is 2.35. The fourth-order valence-electron chi connectivity index (χ4n) is 4.02. The van der Waals surface area contributed by atoms with E-state index in [2.05, 4.69) is 5.32 Å². The molecule has 0 aromatic heterocycles. The maximum Gasteiger partial charge on any atom is 0.256 e. The molecule has 0 saturated carbocycles. The molecule has 1 N–H and O–H groups in total. The van der Waals surface area contributed by atoms with Crippen molar-refractivity contribution in [3.05, 3.63) is 96.1 Å². The SMILES string of the molecule is O=C(Cc1ccccc1)Nc1ccccc1C(=O)N1CCC[C@H]1C(=O)COc1ccccc1. The number of rotatable bonds is 8. The topological polar surface area (TPSA) is 75.7 Å². The molecule has 6 nitrogen and oxygen atoms in total. The molecule has 1 heterocycles. The third-order valence-electron chi connectivity index (χ3n) is 5.65. The minimum absolute atomic E-state index is 0.0894. The number of benzene rings is 3. The number of hydrogen-bond donors (Lipinski definition) is 1. The van der Waals surface area contributed by atoms with E-state index >= 15 is 0 Å². The first-order chi connectivity index (χ1) is 16.1. The zero-order chi connectivity index (χ0) is 23.0. The van der Waals surface area contributed by atoms with Crippen molar-refractivity contribution in [1.29, 1.82) is 0 Å². The van der Waals surface area contributed by atoms with Crippen LogP contribution in [-0.4, -0.2) is 41.7 Å². The summed E-state index contributed by atoms with van der Waals surface area (Å²) in [5.41, 5.74) is 1.71. The normalized spacial score (nSPS) is 15.2. The number of nitrogens with zero attached hydrogens (tertiary/aromatic N) is 1. The fraction of sp³-hybridized carbons (Fsp3) is 0.222. The molecule has 1 fully saturated rings. The number of Topliss-reactive ketones (excluding diaryl/α,β-unsaturated/α-hetero) is 1. The summed E-state index contributed by atoms with van der Waals surface area (Å²) in [7, 11) is 0. The fourth-order valence-corrected chi connectivity index (χ4v) is 4.02. The number of carbonyl (C=O) groups excluding carboxylic acids is 3. The van der Waals surface area contributed by atoms with E-state index in [0.29, 0.717) is 30.0 Å². The van der Waals surface area contributed by atoms with Gasteiger partial charge >= 0.3 is 0 Å². The maximum absolute atomic E-state index is 13.4. The van der Waals surface area contributed by atoms with Crippen LogP contribution in [0.2, 0.25) is 0 Å². The van der Waals surface area contributed by atoms with Crippen LogP contribution in [0.15, 0.2) is 84.9 Å². The highest BCUT2D eigenvalue weighted by atomic mass is 16.5. The minimum Gasteiger partial charge on any atom is -0.486 e. The van der Waals surface area contributed by atoms with E-state index in [-0.39, 0.29) is 30.6 Å². The Morgan fingerprint density at radius 2 is 1.55 bits per heavy atom. The van der Waals surface area contributed by atoms with E-state index in [4.69, 9.17) is 4.74 Å². The zero-order valence-electron chi connectivity index (χ0n) is 18.3. The molecule has 0 aliphatic carbocycles. The predicted molar refractivity (Wildman–Crippen MR) is 126 cm³/mol. The van der Waals surface area contributed by atoms with Crippen molar-refractivity contribution in [2.24, 2.45) is 0 Å². The number of likely N-dealkylation sites (tertiary alicyclic amines) is 1. The molecule has 1 saturated heterocycles. The monoisotopic (exact) mass is 442 g/mol. The van der Waals surface area contributed by atoms with Gasteiger partial charge in [-0.25, -0.2) is 0 Å². The largest absolute Gasteiger partial charge is 0.486 e. The number of amides is 2. The molecule has 0 spiro atoms. The van der Waals surface area contributed by atoms with Gasteiger partial charge in [-0.15, -0.1) is 0 Å². The molecule has 1 atom stereocenters. The predicted octanol–water partition coefficient (Wildman–Crippen LogP) is 4.12. The molecule has 6 heteroatoms. The van der Waals surface area contributed by atoms with Crippen LogP contribution in [0.25, 0.3) is 0 Å². The second-order valence-corrected chi connectivity index (χ2v) is 7.98. The molecule has 3 aromatic carbocycles. The molecule has 0 unspecified atom stereocenters. The van der Waals surface area contributed by atoms with Gasteiger partial charge in [0.2, 0.25) is 5.91 Å². The van der Waals surface area contributed by atoms with Gasteiger partial charge in [-0.05, 0) is 42.7 Å². The summed E-state index contributed by atoms with van der Waals surface area (Å²) in [6, 6.07) is 25.0. The Bertz CT molecular complexity index is 1120. The minimum atomic E-state index is -0.533. The van der Waals surface area contributed by atoms with Gasteiger partial charge in [0.1, 0.15) is 12.4 Å². The summed E-state index contributed by atoms with van der Waals surface area (Å²) in [4.78, 5) is 40.4. The molecular formula is C27H26N2O4. The molecule has 0 radical (unpaired) electrons. The number of carbonyl (C=O) groups is 3.